The monoisotopic (exact) mass is 335 g/mol. The average molecular weight is 335 g/mol. The van der Waals surface area contributed by atoms with E-state index in [0.717, 1.165) is 31.1 Å². The average Bonchev–Trinajstić information content (AvgIpc) is 3.24. The molecule has 2 atom stereocenters. The number of hydrogen-bond donors (Lipinski definition) is 3. The molecular weight excluding hydrogens is 314 g/mol. The number of nitrogens with one attached hydrogen (secondary N) is 2. The quantitative estimate of drug-likeness (QED) is 0.752. The lowest BCUT2D eigenvalue weighted by molar-refractivity contribution is -0.131. The number of amides is 2. The Morgan fingerprint density at radius 1 is 1.39 bits per heavy atom. The molecule has 6 nitrogen and oxygen atoms in total. The van der Waals surface area contributed by atoms with E-state index in [1.165, 1.54) is 6.07 Å². The molecule has 3 N–H and O–H groups in total. The first-order chi connectivity index (χ1) is 11.1. The molecule has 0 unspecified atom stereocenters. The van der Waals surface area contributed by atoms with Crippen LogP contribution >= 0.6 is 11.8 Å². The van der Waals surface area contributed by atoms with Gasteiger partial charge in [0, 0.05) is 25.4 Å². The number of carbonyl (C=O) groups is 2. The molecule has 2 aliphatic heterocycles. The molecule has 2 aliphatic rings. The standard InChI is InChI=1S/C16H21N3O3S/c20-14-4-2-1-3-12(14)15(21)18-9-11-7-13(17-8-11)16(22)19-5-6-23-10-19/h1-4,11,13,17,20H,5-10H2,(H,18,21)/t11-,13-/m0/s1. The molecule has 0 spiro atoms. The van der Waals surface area contributed by atoms with E-state index in [4.69, 9.17) is 0 Å². The van der Waals surface area contributed by atoms with Crippen LogP contribution in [0.1, 0.15) is 16.8 Å². The lowest BCUT2D eigenvalue weighted by atomic mass is 10.0. The lowest BCUT2D eigenvalue weighted by Gasteiger charge is -2.19. The Morgan fingerprint density at radius 3 is 2.96 bits per heavy atom. The summed E-state index contributed by atoms with van der Waals surface area (Å²) < 4.78 is 0. The van der Waals surface area contributed by atoms with E-state index >= 15 is 0 Å². The highest BCUT2D eigenvalue weighted by Crippen LogP contribution is 2.20. The van der Waals surface area contributed by atoms with Crippen molar-refractivity contribution in [2.24, 2.45) is 5.92 Å². The Balaban J connectivity index is 1.47. The number of aromatic hydroxyl groups is 1. The van der Waals surface area contributed by atoms with Crippen molar-refractivity contribution in [2.45, 2.75) is 12.5 Å². The highest BCUT2D eigenvalue weighted by molar-refractivity contribution is 7.99. The summed E-state index contributed by atoms with van der Waals surface area (Å²) in [5.74, 6) is 1.89. The normalized spacial score (nSPS) is 23.9. The summed E-state index contributed by atoms with van der Waals surface area (Å²) in [6.07, 6.45) is 0.737. The van der Waals surface area contributed by atoms with Crippen LogP contribution in [0.25, 0.3) is 0 Å². The summed E-state index contributed by atoms with van der Waals surface area (Å²) in [5, 5.41) is 15.8. The molecule has 2 amide bonds. The maximum absolute atomic E-state index is 12.3. The molecule has 7 heteroatoms. The number of carbonyl (C=O) groups excluding carboxylic acids is 2. The van der Waals surface area contributed by atoms with Crippen LogP contribution < -0.4 is 10.6 Å². The summed E-state index contributed by atoms with van der Waals surface area (Å²) in [4.78, 5) is 26.3. The molecule has 0 bridgehead atoms. The number of phenols is 1. The smallest absolute Gasteiger partial charge is 0.255 e. The zero-order valence-corrected chi connectivity index (χ0v) is 13.6. The van der Waals surface area contributed by atoms with Crippen LogP contribution in [-0.4, -0.2) is 59.1 Å². The fourth-order valence-electron chi connectivity index (χ4n) is 2.96. The van der Waals surface area contributed by atoms with Crippen LogP contribution in [0, 0.1) is 5.92 Å². The number of nitrogens with zero attached hydrogens (tertiary/aromatic N) is 1. The lowest BCUT2D eigenvalue weighted by Crippen LogP contribution is -2.42. The third-order valence-electron chi connectivity index (χ3n) is 4.28. The van der Waals surface area contributed by atoms with Gasteiger partial charge in [0.1, 0.15) is 5.75 Å². The fraction of sp³-hybridized carbons (Fsp3) is 0.500. The summed E-state index contributed by atoms with van der Waals surface area (Å²) in [6, 6.07) is 6.35. The van der Waals surface area contributed by atoms with Crippen molar-refractivity contribution in [3.05, 3.63) is 29.8 Å². The second-order valence-electron chi connectivity index (χ2n) is 5.93. The molecule has 3 rings (SSSR count). The highest BCUT2D eigenvalue weighted by Gasteiger charge is 2.33. The first-order valence-electron chi connectivity index (χ1n) is 7.81. The number of thioether (sulfide) groups is 1. The molecule has 1 aromatic rings. The van der Waals surface area contributed by atoms with Gasteiger partial charge in [-0.05, 0) is 24.5 Å². The van der Waals surface area contributed by atoms with Gasteiger partial charge in [0.05, 0.1) is 17.5 Å². The molecule has 2 fully saturated rings. The van der Waals surface area contributed by atoms with Crippen LogP contribution in [0.4, 0.5) is 0 Å². The first-order valence-corrected chi connectivity index (χ1v) is 8.96. The highest BCUT2D eigenvalue weighted by atomic mass is 32.2. The van der Waals surface area contributed by atoms with E-state index in [1.54, 1.807) is 30.0 Å². The van der Waals surface area contributed by atoms with E-state index in [2.05, 4.69) is 10.6 Å². The number of para-hydroxylation sites is 1. The van der Waals surface area contributed by atoms with Gasteiger partial charge in [0.15, 0.2) is 0 Å². The van der Waals surface area contributed by atoms with E-state index in [-0.39, 0.29) is 35.1 Å². The van der Waals surface area contributed by atoms with Crippen molar-refractivity contribution >= 4 is 23.6 Å². The van der Waals surface area contributed by atoms with Gasteiger partial charge < -0.3 is 20.6 Å². The van der Waals surface area contributed by atoms with Crippen molar-refractivity contribution < 1.29 is 14.7 Å². The number of rotatable bonds is 4. The summed E-state index contributed by atoms with van der Waals surface area (Å²) in [5.41, 5.74) is 0.278. The number of phenolic OH excluding ortho intramolecular Hbond substituents is 1. The van der Waals surface area contributed by atoms with Crippen LogP contribution in [0.15, 0.2) is 24.3 Å². The van der Waals surface area contributed by atoms with Gasteiger partial charge in [-0.15, -0.1) is 11.8 Å². The van der Waals surface area contributed by atoms with E-state index in [0.29, 0.717) is 6.54 Å². The predicted molar refractivity (Wildman–Crippen MR) is 89.4 cm³/mol. The molecule has 1 aromatic carbocycles. The third kappa shape index (κ3) is 3.79. The summed E-state index contributed by atoms with van der Waals surface area (Å²) >= 11 is 1.78. The minimum absolute atomic E-state index is 0.0193. The van der Waals surface area contributed by atoms with Crippen LogP contribution in [0.3, 0.4) is 0 Å². The van der Waals surface area contributed by atoms with Gasteiger partial charge in [-0.2, -0.15) is 0 Å². The van der Waals surface area contributed by atoms with Crippen LogP contribution in [0.5, 0.6) is 5.75 Å². The van der Waals surface area contributed by atoms with Gasteiger partial charge in [0.2, 0.25) is 5.91 Å². The molecule has 124 valence electrons. The maximum atomic E-state index is 12.3. The minimum Gasteiger partial charge on any atom is -0.507 e. The zero-order valence-electron chi connectivity index (χ0n) is 12.8. The molecule has 23 heavy (non-hydrogen) atoms. The number of benzene rings is 1. The van der Waals surface area contributed by atoms with Gasteiger partial charge in [0.25, 0.3) is 5.91 Å². The molecule has 0 aromatic heterocycles. The Labute approximate surface area is 139 Å². The van der Waals surface area contributed by atoms with Crippen molar-refractivity contribution in [3.8, 4) is 5.75 Å². The molecule has 0 aliphatic carbocycles. The molecular formula is C16H21N3O3S. The maximum Gasteiger partial charge on any atom is 0.255 e. The van der Waals surface area contributed by atoms with Crippen LogP contribution in [0.2, 0.25) is 0 Å². The SMILES string of the molecule is O=C(NC[C@@H]1CN[C@H](C(=O)N2CCSC2)C1)c1ccccc1O. The van der Waals surface area contributed by atoms with Crippen molar-refractivity contribution in [1.82, 2.24) is 15.5 Å². The van der Waals surface area contributed by atoms with E-state index in [1.807, 2.05) is 4.90 Å². The third-order valence-corrected chi connectivity index (χ3v) is 5.25. The molecule has 2 heterocycles. The molecule has 0 saturated carbocycles. The van der Waals surface area contributed by atoms with Crippen molar-refractivity contribution in [1.29, 1.82) is 0 Å². The predicted octanol–water partition coefficient (Wildman–Crippen LogP) is 0.633. The van der Waals surface area contributed by atoms with Crippen molar-refractivity contribution in [2.75, 3.05) is 31.3 Å². The van der Waals surface area contributed by atoms with Crippen LogP contribution in [-0.2, 0) is 4.79 Å². The molecule has 0 radical (unpaired) electrons. The Morgan fingerprint density at radius 2 is 2.22 bits per heavy atom. The van der Waals surface area contributed by atoms with E-state index in [9.17, 15) is 14.7 Å². The molecule has 2 saturated heterocycles. The second-order valence-corrected chi connectivity index (χ2v) is 7.00. The largest absolute Gasteiger partial charge is 0.507 e. The summed E-state index contributed by atoms with van der Waals surface area (Å²) in [7, 11) is 0. The number of hydrogen-bond acceptors (Lipinski definition) is 5. The van der Waals surface area contributed by atoms with Gasteiger partial charge in [-0.1, -0.05) is 12.1 Å². The summed E-state index contributed by atoms with van der Waals surface area (Å²) in [6.45, 7) is 2.05. The van der Waals surface area contributed by atoms with Gasteiger partial charge in [-0.25, -0.2) is 0 Å². The first kappa shape index (κ1) is 16.1. The topological polar surface area (TPSA) is 81.7 Å². The van der Waals surface area contributed by atoms with Crippen molar-refractivity contribution in [3.63, 3.8) is 0 Å². The minimum atomic E-state index is -0.284. The van der Waals surface area contributed by atoms with Gasteiger partial charge >= 0.3 is 0 Å². The Kier molecular flexibility index (Phi) is 5.07. The second kappa shape index (κ2) is 7.23. The van der Waals surface area contributed by atoms with Gasteiger partial charge in [-0.3, -0.25) is 9.59 Å². The Bertz CT molecular complexity index is 590. The zero-order chi connectivity index (χ0) is 16.2. The van der Waals surface area contributed by atoms with E-state index < -0.39 is 0 Å². The Hall–Kier alpha value is -1.73. The fourth-order valence-corrected chi connectivity index (χ4v) is 3.91.